The molecule has 0 bridgehead atoms. The van der Waals surface area contributed by atoms with E-state index >= 15 is 0 Å². The molecule has 0 saturated carbocycles. The molecule has 1 aliphatic rings. The van der Waals surface area contributed by atoms with Gasteiger partial charge in [0.1, 0.15) is 0 Å². The summed E-state index contributed by atoms with van der Waals surface area (Å²) in [6.07, 6.45) is 3.66. The Morgan fingerprint density at radius 3 is 2.84 bits per heavy atom. The molecule has 1 atom stereocenters. The van der Waals surface area contributed by atoms with Crippen LogP contribution in [0.15, 0.2) is 11.2 Å². The molecule has 7 nitrogen and oxygen atoms in total. The van der Waals surface area contributed by atoms with Crippen molar-refractivity contribution in [3.8, 4) is 0 Å². The average Bonchev–Trinajstić information content (AvgIpc) is 3.06. The van der Waals surface area contributed by atoms with E-state index in [0.717, 1.165) is 13.1 Å². The molecule has 0 amide bonds. The number of aromatic nitrogens is 2. The second-order valence-electron chi connectivity index (χ2n) is 4.83. The number of nitrogens with zero attached hydrogens (tertiary/aromatic N) is 2. The Morgan fingerprint density at radius 1 is 1.53 bits per heavy atom. The number of likely N-dealkylation sites (tertiary alicyclic amines) is 1. The first kappa shape index (κ1) is 14.4. The molecule has 0 radical (unpaired) electrons. The van der Waals surface area contributed by atoms with Crippen LogP contribution in [0.5, 0.6) is 0 Å². The van der Waals surface area contributed by atoms with Crippen LogP contribution in [0, 0.1) is 0 Å². The summed E-state index contributed by atoms with van der Waals surface area (Å²) in [6.45, 7) is 4.05. The van der Waals surface area contributed by atoms with Crippen molar-refractivity contribution in [1.82, 2.24) is 19.8 Å². The van der Waals surface area contributed by atoms with Crippen molar-refractivity contribution >= 4 is 10.0 Å². The average molecular weight is 288 g/mol. The Morgan fingerprint density at radius 2 is 2.21 bits per heavy atom. The van der Waals surface area contributed by atoms with Crippen molar-refractivity contribution in [1.29, 1.82) is 0 Å². The number of rotatable bonds is 6. The van der Waals surface area contributed by atoms with Gasteiger partial charge in [-0.1, -0.05) is 0 Å². The third kappa shape index (κ3) is 3.33. The van der Waals surface area contributed by atoms with Crippen LogP contribution in [-0.4, -0.2) is 54.3 Å². The summed E-state index contributed by atoms with van der Waals surface area (Å²) < 4.78 is 26.7. The fraction of sp³-hybridized carbons (Fsp3) is 0.727. The highest BCUT2D eigenvalue weighted by Crippen LogP contribution is 2.13. The van der Waals surface area contributed by atoms with E-state index in [-0.39, 0.29) is 23.2 Å². The molecule has 2 rings (SSSR count). The van der Waals surface area contributed by atoms with Gasteiger partial charge in [-0.15, -0.1) is 0 Å². The van der Waals surface area contributed by atoms with Crippen LogP contribution in [0.1, 0.15) is 25.3 Å². The third-order valence-corrected chi connectivity index (χ3v) is 4.89. The molecule has 3 N–H and O–H groups in total. The van der Waals surface area contributed by atoms with Gasteiger partial charge in [0, 0.05) is 18.2 Å². The zero-order valence-electron chi connectivity index (χ0n) is 11.0. The molecule has 0 aliphatic carbocycles. The normalized spacial score (nSPS) is 18.8. The zero-order chi connectivity index (χ0) is 13.9. The van der Waals surface area contributed by atoms with Crippen molar-refractivity contribution in [2.75, 3.05) is 19.6 Å². The van der Waals surface area contributed by atoms with E-state index < -0.39 is 10.0 Å². The van der Waals surface area contributed by atoms with Gasteiger partial charge in [0.25, 0.3) is 10.0 Å². The first-order valence-electron chi connectivity index (χ1n) is 6.41. The van der Waals surface area contributed by atoms with Crippen LogP contribution in [0.25, 0.3) is 0 Å². The number of hydrogen-bond donors (Lipinski definition) is 3. The molecule has 2 heterocycles. The monoisotopic (exact) mass is 288 g/mol. The van der Waals surface area contributed by atoms with Gasteiger partial charge in [0.05, 0.1) is 12.8 Å². The van der Waals surface area contributed by atoms with E-state index in [1.807, 2.05) is 6.92 Å². The van der Waals surface area contributed by atoms with E-state index in [4.69, 9.17) is 5.11 Å². The van der Waals surface area contributed by atoms with Crippen LogP contribution in [0.2, 0.25) is 0 Å². The standard InChI is InChI=1S/C11H20N4O3S/c1-9(15-4-2-3-5-15)6-13-19(17,18)11-10(8-16)7-12-14-11/h7,9,13,16H,2-6,8H2,1H3,(H,12,14). The molecule has 1 fully saturated rings. The van der Waals surface area contributed by atoms with Gasteiger partial charge in [-0.05, 0) is 32.9 Å². The molecule has 19 heavy (non-hydrogen) atoms. The highest BCUT2D eigenvalue weighted by Gasteiger charge is 2.23. The Balaban J connectivity index is 1.97. The Labute approximate surface area is 113 Å². The summed E-state index contributed by atoms with van der Waals surface area (Å²) >= 11 is 0. The lowest BCUT2D eigenvalue weighted by Gasteiger charge is -2.23. The lowest BCUT2D eigenvalue weighted by atomic mass is 10.3. The minimum atomic E-state index is -3.64. The lowest BCUT2D eigenvalue weighted by Crippen LogP contribution is -2.40. The van der Waals surface area contributed by atoms with Crippen molar-refractivity contribution in [3.05, 3.63) is 11.8 Å². The Hall–Kier alpha value is -0.960. The van der Waals surface area contributed by atoms with Crippen LogP contribution in [-0.2, 0) is 16.6 Å². The smallest absolute Gasteiger partial charge is 0.257 e. The summed E-state index contributed by atoms with van der Waals surface area (Å²) in [5.74, 6) is 0. The van der Waals surface area contributed by atoms with Crippen molar-refractivity contribution in [2.45, 2.75) is 37.4 Å². The maximum absolute atomic E-state index is 12.1. The number of aliphatic hydroxyl groups excluding tert-OH is 1. The number of aliphatic hydroxyl groups is 1. The summed E-state index contributed by atoms with van der Waals surface area (Å²) in [5, 5.41) is 15.1. The largest absolute Gasteiger partial charge is 0.392 e. The summed E-state index contributed by atoms with van der Waals surface area (Å²) in [5.41, 5.74) is 0.279. The minimum absolute atomic E-state index is 0.0522. The van der Waals surface area contributed by atoms with Crippen molar-refractivity contribution in [3.63, 3.8) is 0 Å². The van der Waals surface area contributed by atoms with E-state index in [1.54, 1.807) is 0 Å². The van der Waals surface area contributed by atoms with Crippen molar-refractivity contribution < 1.29 is 13.5 Å². The highest BCUT2D eigenvalue weighted by molar-refractivity contribution is 7.89. The highest BCUT2D eigenvalue weighted by atomic mass is 32.2. The number of sulfonamides is 1. The molecule has 1 aliphatic heterocycles. The molecule has 108 valence electrons. The quantitative estimate of drug-likeness (QED) is 0.665. The van der Waals surface area contributed by atoms with Crippen LogP contribution < -0.4 is 4.72 Å². The maximum atomic E-state index is 12.1. The molecule has 0 spiro atoms. The Bertz CT molecular complexity index is 508. The summed E-state index contributed by atoms with van der Waals surface area (Å²) in [6, 6.07) is 0.165. The fourth-order valence-electron chi connectivity index (χ4n) is 2.26. The van der Waals surface area contributed by atoms with E-state index in [0.29, 0.717) is 6.54 Å². The van der Waals surface area contributed by atoms with Crippen LogP contribution in [0.3, 0.4) is 0 Å². The van der Waals surface area contributed by atoms with E-state index in [2.05, 4.69) is 19.8 Å². The predicted octanol–water partition coefficient (Wildman–Crippen LogP) is -0.335. The number of H-pyrrole nitrogens is 1. The SMILES string of the molecule is CC(CNS(=O)(=O)c1[nH]ncc1CO)N1CCCC1. The van der Waals surface area contributed by atoms with Crippen LogP contribution >= 0.6 is 0 Å². The van der Waals surface area contributed by atoms with Gasteiger partial charge in [-0.3, -0.25) is 10.00 Å². The summed E-state index contributed by atoms with van der Waals surface area (Å²) in [4.78, 5) is 2.27. The second kappa shape index (κ2) is 6.00. The van der Waals surface area contributed by atoms with Gasteiger partial charge >= 0.3 is 0 Å². The van der Waals surface area contributed by atoms with Gasteiger partial charge in [0.2, 0.25) is 0 Å². The fourth-order valence-corrected chi connectivity index (χ4v) is 3.50. The van der Waals surface area contributed by atoms with E-state index in [1.165, 1.54) is 19.0 Å². The third-order valence-electron chi connectivity index (χ3n) is 3.45. The molecule has 8 heteroatoms. The molecule has 0 aromatic carbocycles. The van der Waals surface area contributed by atoms with Gasteiger partial charge < -0.3 is 5.11 Å². The zero-order valence-corrected chi connectivity index (χ0v) is 11.8. The molecule has 1 aromatic heterocycles. The van der Waals surface area contributed by atoms with Gasteiger partial charge in [-0.2, -0.15) is 5.10 Å². The topological polar surface area (TPSA) is 98.3 Å². The predicted molar refractivity (Wildman–Crippen MR) is 70.0 cm³/mol. The second-order valence-corrected chi connectivity index (χ2v) is 6.53. The Kier molecular flexibility index (Phi) is 4.56. The molecule has 1 aromatic rings. The maximum Gasteiger partial charge on any atom is 0.257 e. The molecular weight excluding hydrogens is 268 g/mol. The van der Waals surface area contributed by atoms with Gasteiger partial charge in [0.15, 0.2) is 5.03 Å². The number of hydrogen-bond acceptors (Lipinski definition) is 5. The minimum Gasteiger partial charge on any atom is -0.392 e. The van der Waals surface area contributed by atoms with E-state index in [9.17, 15) is 8.42 Å². The summed E-state index contributed by atoms with van der Waals surface area (Å²) in [7, 11) is -3.64. The first-order valence-corrected chi connectivity index (χ1v) is 7.89. The van der Waals surface area contributed by atoms with Crippen LogP contribution in [0.4, 0.5) is 0 Å². The lowest BCUT2D eigenvalue weighted by molar-refractivity contribution is 0.259. The number of nitrogens with one attached hydrogen (secondary N) is 2. The molecule has 1 saturated heterocycles. The molecule has 1 unspecified atom stereocenters. The first-order chi connectivity index (χ1) is 9.04. The number of aromatic amines is 1. The van der Waals surface area contributed by atoms with Crippen molar-refractivity contribution in [2.24, 2.45) is 0 Å². The molecular formula is C11H20N4O3S. The van der Waals surface area contributed by atoms with Gasteiger partial charge in [-0.25, -0.2) is 13.1 Å².